The van der Waals surface area contributed by atoms with Crippen molar-refractivity contribution in [3.05, 3.63) is 48.8 Å². The van der Waals surface area contributed by atoms with E-state index in [0.29, 0.717) is 17.7 Å². The number of nitrogens with two attached hydrogens (primary N) is 2. The van der Waals surface area contributed by atoms with Crippen LogP contribution >= 0.6 is 0 Å². The fourth-order valence-corrected chi connectivity index (χ4v) is 2.41. The van der Waals surface area contributed by atoms with Gasteiger partial charge < -0.3 is 16.0 Å². The summed E-state index contributed by atoms with van der Waals surface area (Å²) < 4.78 is 3.58. The molecule has 9 nitrogen and oxygen atoms in total. The summed E-state index contributed by atoms with van der Waals surface area (Å²) in [6.45, 7) is 0.432. The first-order chi connectivity index (χ1) is 11.2. The molecule has 3 heterocycles. The summed E-state index contributed by atoms with van der Waals surface area (Å²) in [5.74, 6) is 1.11. The van der Waals surface area contributed by atoms with Crippen LogP contribution in [0.5, 0.6) is 0 Å². The lowest BCUT2D eigenvalue weighted by molar-refractivity contribution is 0.711. The van der Waals surface area contributed by atoms with Crippen molar-refractivity contribution in [3.8, 4) is 5.69 Å². The van der Waals surface area contributed by atoms with Gasteiger partial charge in [0.25, 0.3) is 0 Å². The van der Waals surface area contributed by atoms with Crippen molar-refractivity contribution in [2.75, 3.05) is 11.5 Å². The van der Waals surface area contributed by atoms with Gasteiger partial charge in [0.15, 0.2) is 17.3 Å². The number of hydrogen-bond donors (Lipinski definition) is 2. The van der Waals surface area contributed by atoms with Gasteiger partial charge in [0.05, 0.1) is 18.6 Å². The third-order valence-corrected chi connectivity index (χ3v) is 3.44. The van der Waals surface area contributed by atoms with Crippen molar-refractivity contribution >= 4 is 22.9 Å². The standard InChI is InChI=1S/C14H13N9/c15-12-11-13(21-14(16)20-12)22(8-18-11)6-10-17-7-19-23(10)9-4-2-1-3-5-9/h1-5,7-8H,6H2,(H4,15,16,20,21). The predicted octanol–water partition coefficient (Wildman–Crippen LogP) is 0.620. The minimum Gasteiger partial charge on any atom is -0.382 e. The highest BCUT2D eigenvalue weighted by Gasteiger charge is 2.13. The zero-order valence-electron chi connectivity index (χ0n) is 12.0. The SMILES string of the molecule is Nc1nc(N)c2ncn(Cc3ncnn3-c3ccccc3)c2n1. The van der Waals surface area contributed by atoms with E-state index in [1.807, 2.05) is 34.9 Å². The summed E-state index contributed by atoms with van der Waals surface area (Å²) in [6, 6.07) is 9.76. The summed E-state index contributed by atoms with van der Waals surface area (Å²) in [5, 5.41) is 4.27. The summed E-state index contributed by atoms with van der Waals surface area (Å²) in [4.78, 5) is 16.7. The van der Waals surface area contributed by atoms with Gasteiger partial charge in [0, 0.05) is 0 Å². The second kappa shape index (κ2) is 5.05. The van der Waals surface area contributed by atoms with Crippen LogP contribution in [-0.2, 0) is 6.54 Å². The predicted molar refractivity (Wildman–Crippen MR) is 84.6 cm³/mol. The Morgan fingerprint density at radius 2 is 1.83 bits per heavy atom. The van der Waals surface area contributed by atoms with Crippen LogP contribution in [0.2, 0.25) is 0 Å². The summed E-state index contributed by atoms with van der Waals surface area (Å²) in [7, 11) is 0. The van der Waals surface area contributed by atoms with Crippen molar-refractivity contribution in [2.24, 2.45) is 0 Å². The fraction of sp³-hybridized carbons (Fsp3) is 0.0714. The van der Waals surface area contributed by atoms with Gasteiger partial charge in [-0.05, 0) is 12.1 Å². The number of fused-ring (bicyclic) bond motifs is 1. The first-order valence-electron chi connectivity index (χ1n) is 6.90. The summed E-state index contributed by atoms with van der Waals surface area (Å²) in [5.41, 5.74) is 13.5. The van der Waals surface area contributed by atoms with Crippen LogP contribution in [0.15, 0.2) is 43.0 Å². The number of anilines is 2. The monoisotopic (exact) mass is 307 g/mol. The molecule has 0 radical (unpaired) electrons. The lowest BCUT2D eigenvalue weighted by Gasteiger charge is -2.07. The van der Waals surface area contributed by atoms with Gasteiger partial charge >= 0.3 is 0 Å². The molecule has 0 saturated heterocycles. The molecule has 3 aromatic heterocycles. The second-order valence-corrected chi connectivity index (χ2v) is 4.94. The van der Waals surface area contributed by atoms with Crippen LogP contribution in [0.3, 0.4) is 0 Å². The highest BCUT2D eigenvalue weighted by Crippen LogP contribution is 2.18. The number of aromatic nitrogens is 7. The first-order valence-corrected chi connectivity index (χ1v) is 6.90. The van der Waals surface area contributed by atoms with Gasteiger partial charge in [-0.25, -0.2) is 14.6 Å². The average Bonchev–Trinajstić information content (AvgIpc) is 3.16. The Bertz CT molecular complexity index is 971. The van der Waals surface area contributed by atoms with Gasteiger partial charge in [-0.3, -0.25) is 0 Å². The molecule has 1 aromatic carbocycles. The maximum Gasteiger partial charge on any atom is 0.224 e. The van der Waals surface area contributed by atoms with Crippen LogP contribution in [0, 0.1) is 0 Å². The largest absolute Gasteiger partial charge is 0.382 e. The zero-order chi connectivity index (χ0) is 15.8. The Kier molecular flexibility index (Phi) is 2.90. The minimum atomic E-state index is 0.112. The number of rotatable bonds is 3. The lowest BCUT2D eigenvalue weighted by Crippen LogP contribution is -2.09. The van der Waals surface area contributed by atoms with Gasteiger partial charge in [-0.15, -0.1) is 0 Å². The van der Waals surface area contributed by atoms with Crippen molar-refractivity contribution in [1.29, 1.82) is 0 Å². The average molecular weight is 307 g/mol. The van der Waals surface area contributed by atoms with Crippen molar-refractivity contribution in [3.63, 3.8) is 0 Å². The van der Waals surface area contributed by atoms with Crippen LogP contribution in [-0.4, -0.2) is 34.3 Å². The molecular weight excluding hydrogens is 294 g/mol. The van der Waals surface area contributed by atoms with E-state index in [2.05, 4.69) is 25.0 Å². The molecule has 23 heavy (non-hydrogen) atoms. The smallest absolute Gasteiger partial charge is 0.224 e. The van der Waals surface area contributed by atoms with E-state index in [-0.39, 0.29) is 11.8 Å². The molecule has 0 fully saturated rings. The molecule has 4 rings (SSSR count). The molecule has 0 atom stereocenters. The Labute approximate surface area is 130 Å². The van der Waals surface area contributed by atoms with E-state index < -0.39 is 0 Å². The van der Waals surface area contributed by atoms with E-state index in [0.717, 1.165) is 11.5 Å². The van der Waals surface area contributed by atoms with Crippen molar-refractivity contribution < 1.29 is 0 Å². The first kappa shape index (κ1) is 13.2. The highest BCUT2D eigenvalue weighted by molar-refractivity contribution is 5.82. The molecule has 9 heteroatoms. The number of benzene rings is 1. The molecule has 4 aromatic rings. The summed E-state index contributed by atoms with van der Waals surface area (Å²) >= 11 is 0. The quantitative estimate of drug-likeness (QED) is 0.568. The van der Waals surface area contributed by atoms with Crippen molar-refractivity contribution in [1.82, 2.24) is 34.3 Å². The molecule has 114 valence electrons. The number of imidazole rings is 1. The van der Waals surface area contributed by atoms with Crippen LogP contribution in [0.25, 0.3) is 16.9 Å². The molecule has 0 unspecified atom stereocenters. The molecule has 0 aliphatic heterocycles. The topological polar surface area (TPSA) is 126 Å². The van der Waals surface area contributed by atoms with E-state index in [9.17, 15) is 0 Å². The molecule has 0 saturated carbocycles. The molecule has 0 aliphatic carbocycles. The van der Waals surface area contributed by atoms with Crippen LogP contribution in [0.1, 0.15) is 5.82 Å². The Morgan fingerprint density at radius 3 is 2.65 bits per heavy atom. The van der Waals surface area contributed by atoms with Gasteiger partial charge in [0.2, 0.25) is 5.95 Å². The molecule has 0 bridgehead atoms. The second-order valence-electron chi connectivity index (χ2n) is 4.94. The Morgan fingerprint density at radius 1 is 1.00 bits per heavy atom. The van der Waals surface area contributed by atoms with Gasteiger partial charge in [-0.2, -0.15) is 15.1 Å². The van der Waals surface area contributed by atoms with Crippen LogP contribution in [0.4, 0.5) is 11.8 Å². The molecule has 0 spiro atoms. The van der Waals surface area contributed by atoms with Crippen LogP contribution < -0.4 is 11.5 Å². The summed E-state index contributed by atoms with van der Waals surface area (Å²) in [6.07, 6.45) is 3.15. The molecule has 4 N–H and O–H groups in total. The van der Waals surface area contributed by atoms with E-state index >= 15 is 0 Å². The van der Waals surface area contributed by atoms with Gasteiger partial charge in [0.1, 0.15) is 11.8 Å². The molecular formula is C14H13N9. The third kappa shape index (κ3) is 2.24. The minimum absolute atomic E-state index is 0.112. The molecule has 0 aliphatic rings. The lowest BCUT2D eigenvalue weighted by atomic mass is 10.3. The number of para-hydroxylation sites is 1. The zero-order valence-corrected chi connectivity index (χ0v) is 12.0. The number of hydrogen-bond acceptors (Lipinski definition) is 7. The van der Waals surface area contributed by atoms with E-state index in [4.69, 9.17) is 11.5 Å². The molecule has 0 amide bonds. The third-order valence-electron chi connectivity index (χ3n) is 3.44. The fourth-order valence-electron chi connectivity index (χ4n) is 2.41. The van der Waals surface area contributed by atoms with Crippen molar-refractivity contribution in [2.45, 2.75) is 6.54 Å². The maximum absolute atomic E-state index is 5.82. The van der Waals surface area contributed by atoms with E-state index in [1.54, 1.807) is 11.0 Å². The van der Waals surface area contributed by atoms with Gasteiger partial charge in [-0.1, -0.05) is 18.2 Å². The van der Waals surface area contributed by atoms with E-state index in [1.165, 1.54) is 6.33 Å². The Balaban J connectivity index is 1.77. The maximum atomic E-state index is 5.82. The number of nitrogens with zero attached hydrogens (tertiary/aromatic N) is 7. The number of nitrogen functional groups attached to an aromatic ring is 2. The normalized spacial score (nSPS) is 11.1. The highest BCUT2D eigenvalue weighted by atomic mass is 15.3. The Hall–Kier alpha value is -3.49.